The normalized spacial score (nSPS) is 24.1. The summed E-state index contributed by atoms with van der Waals surface area (Å²) in [5.74, 6) is -0.135. The van der Waals surface area contributed by atoms with Gasteiger partial charge in [-0.1, -0.05) is 18.2 Å². The predicted molar refractivity (Wildman–Crippen MR) is 73.5 cm³/mol. The van der Waals surface area contributed by atoms with Crippen LogP contribution in [0.15, 0.2) is 24.3 Å². The Morgan fingerprint density at radius 2 is 2.21 bits per heavy atom. The average molecular weight is 263 g/mol. The Morgan fingerprint density at radius 3 is 2.89 bits per heavy atom. The maximum Gasteiger partial charge on any atom is 0.307 e. The number of nitrogens with zero attached hydrogens (tertiary/aromatic N) is 1. The van der Waals surface area contributed by atoms with E-state index in [1.54, 1.807) is 0 Å². The maximum atomic E-state index is 10.9. The second-order valence-corrected chi connectivity index (χ2v) is 5.57. The molecule has 1 aromatic carbocycles. The van der Waals surface area contributed by atoms with Gasteiger partial charge in [0.1, 0.15) is 11.4 Å². The molecule has 0 bridgehead atoms. The van der Waals surface area contributed by atoms with Gasteiger partial charge >= 0.3 is 5.97 Å². The van der Waals surface area contributed by atoms with Crippen LogP contribution in [-0.4, -0.2) is 41.7 Å². The Bertz CT molecular complexity index is 460. The number of para-hydroxylation sites is 1. The van der Waals surface area contributed by atoms with Crippen molar-refractivity contribution in [1.29, 1.82) is 0 Å². The average Bonchev–Trinajstić information content (AvgIpc) is 2.30. The molecule has 1 atom stereocenters. The maximum absolute atomic E-state index is 10.9. The fourth-order valence-electron chi connectivity index (χ4n) is 2.71. The molecule has 0 aromatic heterocycles. The molecule has 0 saturated carbocycles. The molecule has 1 N–H and O–H groups in total. The van der Waals surface area contributed by atoms with Crippen LogP contribution >= 0.6 is 0 Å². The summed E-state index contributed by atoms with van der Waals surface area (Å²) in [6.45, 7) is 4.06. The summed E-state index contributed by atoms with van der Waals surface area (Å²) < 4.78 is 6.14. The smallest absolute Gasteiger partial charge is 0.307 e. The van der Waals surface area contributed by atoms with Crippen LogP contribution in [0.5, 0.6) is 5.75 Å². The van der Waals surface area contributed by atoms with E-state index < -0.39 is 5.97 Å². The van der Waals surface area contributed by atoms with Crippen LogP contribution < -0.4 is 4.74 Å². The lowest BCUT2D eigenvalue weighted by atomic mass is 9.95. The molecule has 0 amide bonds. The van der Waals surface area contributed by atoms with Crippen molar-refractivity contribution in [2.45, 2.75) is 31.8 Å². The van der Waals surface area contributed by atoms with Gasteiger partial charge in [-0.15, -0.1) is 0 Å². The number of carboxylic acid groups (broad SMARTS) is 1. The molecule has 1 aliphatic rings. The quantitative estimate of drug-likeness (QED) is 0.904. The van der Waals surface area contributed by atoms with Gasteiger partial charge in [0.15, 0.2) is 0 Å². The number of benzene rings is 1. The summed E-state index contributed by atoms with van der Waals surface area (Å²) in [4.78, 5) is 13.1. The van der Waals surface area contributed by atoms with E-state index in [2.05, 4.69) is 18.9 Å². The largest absolute Gasteiger partial charge is 0.486 e. The SMILES string of the molecule is CN1CCCC(C)(Oc2ccccc2CC(=O)O)C1. The number of carboxylic acids is 1. The molecular weight excluding hydrogens is 242 g/mol. The number of hydrogen-bond donors (Lipinski definition) is 1. The van der Waals surface area contributed by atoms with Gasteiger partial charge in [-0.2, -0.15) is 0 Å². The van der Waals surface area contributed by atoms with Crippen molar-refractivity contribution in [3.63, 3.8) is 0 Å². The molecule has 0 radical (unpaired) electrons. The third kappa shape index (κ3) is 3.70. The molecule has 2 rings (SSSR count). The summed E-state index contributed by atoms with van der Waals surface area (Å²) in [5, 5.41) is 8.94. The predicted octanol–water partition coefficient (Wildman–Crippen LogP) is 2.18. The van der Waals surface area contributed by atoms with Crippen molar-refractivity contribution >= 4 is 5.97 Å². The lowest BCUT2D eigenvalue weighted by molar-refractivity contribution is -0.136. The summed E-state index contributed by atoms with van der Waals surface area (Å²) in [6, 6.07) is 7.41. The highest BCUT2D eigenvalue weighted by atomic mass is 16.5. The first-order valence-corrected chi connectivity index (χ1v) is 6.66. The Morgan fingerprint density at radius 1 is 1.47 bits per heavy atom. The van der Waals surface area contributed by atoms with Gasteiger partial charge < -0.3 is 14.7 Å². The van der Waals surface area contributed by atoms with Crippen LogP contribution in [0.25, 0.3) is 0 Å². The van der Waals surface area contributed by atoms with Crippen molar-refractivity contribution in [3.05, 3.63) is 29.8 Å². The highest BCUT2D eigenvalue weighted by Crippen LogP contribution is 2.29. The van der Waals surface area contributed by atoms with E-state index in [0.717, 1.165) is 31.5 Å². The van der Waals surface area contributed by atoms with Gasteiger partial charge in [-0.05, 0) is 39.4 Å². The molecule has 0 aliphatic carbocycles. The molecule has 4 nitrogen and oxygen atoms in total. The molecule has 1 fully saturated rings. The molecular formula is C15H21NO3. The fourth-order valence-corrected chi connectivity index (χ4v) is 2.71. The van der Waals surface area contributed by atoms with Crippen LogP contribution in [-0.2, 0) is 11.2 Å². The minimum atomic E-state index is -0.832. The van der Waals surface area contributed by atoms with E-state index in [1.807, 2.05) is 24.3 Å². The summed E-state index contributed by atoms with van der Waals surface area (Å²) in [5.41, 5.74) is 0.506. The van der Waals surface area contributed by atoms with Gasteiger partial charge in [0.25, 0.3) is 0 Å². The summed E-state index contributed by atoms with van der Waals surface area (Å²) >= 11 is 0. The monoisotopic (exact) mass is 263 g/mol. The Balaban J connectivity index is 2.15. The number of carbonyl (C=O) groups is 1. The highest BCUT2D eigenvalue weighted by molar-refractivity contribution is 5.71. The van der Waals surface area contributed by atoms with Crippen molar-refractivity contribution in [3.8, 4) is 5.75 Å². The standard InChI is InChI=1S/C15H21NO3/c1-15(8-5-9-16(2)11-15)19-13-7-4-3-6-12(13)10-14(17)18/h3-4,6-7H,5,8-11H2,1-2H3,(H,17,18). The lowest BCUT2D eigenvalue weighted by Gasteiger charge is -2.39. The van der Waals surface area contributed by atoms with Crippen LogP contribution in [0.3, 0.4) is 0 Å². The fraction of sp³-hybridized carbons (Fsp3) is 0.533. The first-order valence-electron chi connectivity index (χ1n) is 6.66. The van der Waals surface area contributed by atoms with Gasteiger partial charge in [0.2, 0.25) is 0 Å². The topological polar surface area (TPSA) is 49.8 Å². The van der Waals surface area contributed by atoms with Gasteiger partial charge in [-0.25, -0.2) is 0 Å². The number of aliphatic carboxylic acids is 1. The van der Waals surface area contributed by atoms with E-state index in [9.17, 15) is 4.79 Å². The summed E-state index contributed by atoms with van der Waals surface area (Å²) in [7, 11) is 2.09. The van der Waals surface area contributed by atoms with Crippen LogP contribution in [0, 0.1) is 0 Å². The molecule has 1 aliphatic heterocycles. The number of likely N-dealkylation sites (tertiary alicyclic amines) is 1. The third-order valence-corrected chi connectivity index (χ3v) is 3.52. The molecule has 104 valence electrons. The zero-order valence-corrected chi connectivity index (χ0v) is 11.6. The number of hydrogen-bond acceptors (Lipinski definition) is 3. The van der Waals surface area contributed by atoms with E-state index in [-0.39, 0.29) is 12.0 Å². The molecule has 4 heteroatoms. The van der Waals surface area contributed by atoms with Gasteiger partial charge in [-0.3, -0.25) is 4.79 Å². The Kier molecular flexibility index (Phi) is 4.10. The van der Waals surface area contributed by atoms with Gasteiger partial charge in [0.05, 0.1) is 6.42 Å². The molecule has 1 saturated heterocycles. The molecule has 1 unspecified atom stereocenters. The Labute approximate surface area is 114 Å². The highest BCUT2D eigenvalue weighted by Gasteiger charge is 2.32. The Hall–Kier alpha value is -1.55. The third-order valence-electron chi connectivity index (χ3n) is 3.52. The van der Waals surface area contributed by atoms with Crippen molar-refractivity contribution in [1.82, 2.24) is 4.90 Å². The van der Waals surface area contributed by atoms with Crippen LogP contribution in [0.4, 0.5) is 0 Å². The van der Waals surface area contributed by atoms with E-state index in [1.165, 1.54) is 0 Å². The molecule has 19 heavy (non-hydrogen) atoms. The van der Waals surface area contributed by atoms with Crippen molar-refractivity contribution in [2.24, 2.45) is 0 Å². The second kappa shape index (κ2) is 5.61. The summed E-state index contributed by atoms with van der Waals surface area (Å²) in [6.07, 6.45) is 2.11. The van der Waals surface area contributed by atoms with Crippen LogP contribution in [0.1, 0.15) is 25.3 Å². The minimum Gasteiger partial charge on any atom is -0.486 e. The van der Waals surface area contributed by atoms with Gasteiger partial charge in [0, 0.05) is 12.1 Å². The van der Waals surface area contributed by atoms with Crippen molar-refractivity contribution in [2.75, 3.05) is 20.1 Å². The number of rotatable bonds is 4. The number of likely N-dealkylation sites (N-methyl/N-ethyl adjacent to an activating group) is 1. The molecule has 0 spiro atoms. The van der Waals surface area contributed by atoms with E-state index in [4.69, 9.17) is 9.84 Å². The van der Waals surface area contributed by atoms with Crippen molar-refractivity contribution < 1.29 is 14.6 Å². The zero-order valence-electron chi connectivity index (χ0n) is 11.6. The second-order valence-electron chi connectivity index (χ2n) is 5.57. The molecule has 1 aromatic rings. The number of piperidine rings is 1. The first-order chi connectivity index (χ1) is 8.98. The van der Waals surface area contributed by atoms with E-state index in [0.29, 0.717) is 5.75 Å². The minimum absolute atomic E-state index is 0.00208. The van der Waals surface area contributed by atoms with E-state index >= 15 is 0 Å². The number of ether oxygens (including phenoxy) is 1. The zero-order chi connectivity index (χ0) is 13.9. The lowest BCUT2D eigenvalue weighted by Crippen LogP contribution is -2.48. The molecule has 1 heterocycles. The van der Waals surface area contributed by atoms with Crippen LogP contribution in [0.2, 0.25) is 0 Å². The first kappa shape index (κ1) is 13.9.